The van der Waals surface area contributed by atoms with Crippen LogP contribution in [0.3, 0.4) is 0 Å². The normalized spacial score (nSPS) is 15.9. The summed E-state index contributed by atoms with van der Waals surface area (Å²) in [6, 6.07) is 9.35. The second kappa shape index (κ2) is 7.72. The van der Waals surface area contributed by atoms with Gasteiger partial charge in [-0.05, 0) is 38.0 Å². The smallest absolute Gasteiger partial charge is 0.211 e. The molecule has 0 amide bonds. The molecule has 4 rings (SSSR count). The van der Waals surface area contributed by atoms with Crippen molar-refractivity contribution in [3.63, 3.8) is 0 Å². The maximum absolute atomic E-state index is 14.6. The number of piperidine rings is 1. The lowest BCUT2D eigenvalue weighted by atomic mass is 10.1. The molecule has 0 unspecified atom stereocenters. The van der Waals surface area contributed by atoms with Gasteiger partial charge in [0.2, 0.25) is 10.0 Å². The molecular weight excluding hydrogens is 393 g/mol. The Kier molecular flexibility index (Phi) is 5.26. The molecular formula is C20H24FN5O2S. The van der Waals surface area contributed by atoms with Gasteiger partial charge >= 0.3 is 0 Å². The number of imidazole rings is 1. The summed E-state index contributed by atoms with van der Waals surface area (Å²) in [5, 5.41) is 0. The zero-order valence-electron chi connectivity index (χ0n) is 16.5. The number of halogens is 1. The Bertz CT molecular complexity index is 1140. The summed E-state index contributed by atoms with van der Waals surface area (Å²) in [6.07, 6.45) is 2.59. The van der Waals surface area contributed by atoms with E-state index >= 15 is 0 Å². The molecule has 154 valence electrons. The zero-order chi connectivity index (χ0) is 20.6. The summed E-state index contributed by atoms with van der Waals surface area (Å²) in [6.45, 7) is 2.93. The van der Waals surface area contributed by atoms with Crippen LogP contribution >= 0.6 is 0 Å². The molecule has 1 aliphatic heterocycles. The minimum absolute atomic E-state index is 0.0732. The number of benzene rings is 1. The minimum atomic E-state index is -3.21. The lowest BCUT2D eigenvalue weighted by Crippen LogP contribution is -2.45. The number of para-hydroxylation sites is 2. The molecule has 1 saturated heterocycles. The van der Waals surface area contributed by atoms with Crippen molar-refractivity contribution in [1.29, 1.82) is 0 Å². The predicted molar refractivity (Wildman–Crippen MR) is 112 cm³/mol. The number of nitrogens with one attached hydrogen (secondary N) is 1. The van der Waals surface area contributed by atoms with Crippen molar-refractivity contribution < 1.29 is 12.8 Å². The Morgan fingerprint density at radius 3 is 2.66 bits per heavy atom. The standard InChI is InChI=1S/C20H24FN5O2S/c1-3-29(27,28)24-14-8-10-26(11-9-14)19-12-15(16(21)13-22-19)20-23-17-6-4-5-7-18(17)25(20)2/h4-7,12-14,24H,3,8-11H2,1-2H3. The highest BCUT2D eigenvalue weighted by molar-refractivity contribution is 7.89. The first-order valence-electron chi connectivity index (χ1n) is 9.70. The number of rotatable bonds is 5. The second-order valence-electron chi connectivity index (χ2n) is 7.29. The zero-order valence-corrected chi connectivity index (χ0v) is 17.3. The summed E-state index contributed by atoms with van der Waals surface area (Å²) >= 11 is 0. The molecule has 0 spiro atoms. The van der Waals surface area contributed by atoms with E-state index in [1.807, 2.05) is 35.9 Å². The molecule has 3 heterocycles. The highest BCUT2D eigenvalue weighted by Gasteiger charge is 2.24. The number of hydrogen-bond acceptors (Lipinski definition) is 5. The fourth-order valence-corrected chi connectivity index (χ4v) is 4.63. The van der Waals surface area contributed by atoms with Crippen molar-refractivity contribution in [1.82, 2.24) is 19.3 Å². The van der Waals surface area contributed by atoms with Gasteiger partial charge in [0, 0.05) is 26.2 Å². The number of aromatic nitrogens is 3. The highest BCUT2D eigenvalue weighted by atomic mass is 32.2. The van der Waals surface area contributed by atoms with E-state index in [0.29, 0.717) is 43.1 Å². The van der Waals surface area contributed by atoms with Gasteiger partial charge in [-0.2, -0.15) is 0 Å². The number of anilines is 1. The van der Waals surface area contributed by atoms with E-state index < -0.39 is 15.8 Å². The van der Waals surface area contributed by atoms with E-state index in [1.54, 1.807) is 13.0 Å². The monoisotopic (exact) mass is 417 g/mol. The predicted octanol–water partition coefficient (Wildman–Crippen LogP) is 2.68. The van der Waals surface area contributed by atoms with E-state index in [1.165, 1.54) is 6.20 Å². The van der Waals surface area contributed by atoms with Gasteiger partial charge in [0.15, 0.2) is 5.82 Å². The molecule has 0 aliphatic carbocycles. The maximum atomic E-state index is 14.6. The number of sulfonamides is 1. The molecule has 1 aromatic carbocycles. The average Bonchev–Trinajstić information content (AvgIpc) is 3.05. The van der Waals surface area contributed by atoms with E-state index in [0.717, 1.165) is 11.0 Å². The third-order valence-corrected chi connectivity index (χ3v) is 6.87. The third-order valence-electron chi connectivity index (χ3n) is 5.41. The van der Waals surface area contributed by atoms with Gasteiger partial charge in [0.05, 0.1) is 28.5 Å². The van der Waals surface area contributed by atoms with Gasteiger partial charge in [0.1, 0.15) is 11.6 Å². The highest BCUT2D eigenvalue weighted by Crippen LogP contribution is 2.29. The molecule has 9 heteroatoms. The van der Waals surface area contributed by atoms with Crippen LogP contribution in [0.25, 0.3) is 22.4 Å². The Morgan fingerprint density at radius 2 is 1.97 bits per heavy atom. The van der Waals surface area contributed by atoms with Crippen LogP contribution in [0.15, 0.2) is 36.5 Å². The average molecular weight is 418 g/mol. The summed E-state index contributed by atoms with van der Waals surface area (Å²) in [5.41, 5.74) is 2.15. The van der Waals surface area contributed by atoms with Gasteiger partial charge in [-0.1, -0.05) is 12.1 Å². The number of aryl methyl sites for hydroxylation is 1. The lowest BCUT2D eigenvalue weighted by Gasteiger charge is -2.33. The van der Waals surface area contributed by atoms with Gasteiger partial charge in [-0.15, -0.1) is 0 Å². The summed E-state index contributed by atoms with van der Waals surface area (Å²) < 4.78 is 42.8. The van der Waals surface area contributed by atoms with Crippen molar-refractivity contribution in [2.75, 3.05) is 23.7 Å². The van der Waals surface area contributed by atoms with Gasteiger partial charge < -0.3 is 9.47 Å². The first-order valence-corrected chi connectivity index (χ1v) is 11.4. The molecule has 1 N–H and O–H groups in total. The van der Waals surface area contributed by atoms with Crippen LogP contribution in [0, 0.1) is 5.82 Å². The van der Waals surface area contributed by atoms with Crippen LogP contribution in [0.1, 0.15) is 19.8 Å². The van der Waals surface area contributed by atoms with Crippen molar-refractivity contribution in [3.8, 4) is 11.4 Å². The van der Waals surface area contributed by atoms with E-state index in [9.17, 15) is 12.8 Å². The lowest BCUT2D eigenvalue weighted by molar-refractivity contribution is 0.458. The van der Waals surface area contributed by atoms with Crippen LogP contribution in [0.5, 0.6) is 0 Å². The van der Waals surface area contributed by atoms with Crippen LogP contribution in [-0.4, -0.2) is 47.8 Å². The summed E-state index contributed by atoms with van der Waals surface area (Å²) in [7, 11) is -1.34. The number of pyridine rings is 1. The van der Waals surface area contributed by atoms with Gasteiger partial charge in [-0.3, -0.25) is 0 Å². The Balaban J connectivity index is 1.57. The molecule has 1 aliphatic rings. The van der Waals surface area contributed by atoms with Crippen LogP contribution in [0.2, 0.25) is 0 Å². The van der Waals surface area contributed by atoms with Crippen molar-refractivity contribution >= 4 is 26.9 Å². The van der Waals surface area contributed by atoms with Crippen molar-refractivity contribution in [3.05, 3.63) is 42.3 Å². The SMILES string of the molecule is CCS(=O)(=O)NC1CCN(c2cc(-c3nc4ccccc4n3C)c(F)cn2)CC1. The van der Waals surface area contributed by atoms with Gasteiger partial charge in [0.25, 0.3) is 0 Å². The van der Waals surface area contributed by atoms with Crippen LogP contribution < -0.4 is 9.62 Å². The van der Waals surface area contributed by atoms with Crippen LogP contribution in [-0.2, 0) is 17.1 Å². The molecule has 0 radical (unpaired) electrons. The first-order chi connectivity index (χ1) is 13.9. The van der Waals surface area contributed by atoms with Crippen LogP contribution in [0.4, 0.5) is 10.2 Å². The number of fused-ring (bicyclic) bond motifs is 1. The topological polar surface area (TPSA) is 80.1 Å². The van der Waals surface area contributed by atoms with Crippen molar-refractivity contribution in [2.24, 2.45) is 7.05 Å². The third kappa shape index (κ3) is 3.97. The molecule has 0 atom stereocenters. The fourth-order valence-electron chi connectivity index (χ4n) is 3.72. The maximum Gasteiger partial charge on any atom is 0.211 e. The molecule has 29 heavy (non-hydrogen) atoms. The van der Waals surface area contributed by atoms with Gasteiger partial charge in [-0.25, -0.2) is 27.5 Å². The largest absolute Gasteiger partial charge is 0.356 e. The molecule has 3 aromatic rings. The van der Waals surface area contributed by atoms with E-state index in [-0.39, 0.29) is 11.8 Å². The minimum Gasteiger partial charge on any atom is -0.356 e. The Morgan fingerprint density at radius 1 is 1.24 bits per heavy atom. The first kappa shape index (κ1) is 19.8. The Labute approximate surface area is 169 Å². The summed E-state index contributed by atoms with van der Waals surface area (Å²) in [5.74, 6) is 0.884. The van der Waals surface area contributed by atoms with E-state index in [4.69, 9.17) is 0 Å². The number of nitrogens with zero attached hydrogens (tertiary/aromatic N) is 4. The molecule has 0 saturated carbocycles. The molecule has 7 nitrogen and oxygen atoms in total. The molecule has 2 aromatic heterocycles. The fraction of sp³-hybridized carbons (Fsp3) is 0.400. The quantitative estimate of drug-likeness (QED) is 0.690. The van der Waals surface area contributed by atoms with E-state index in [2.05, 4.69) is 19.6 Å². The molecule has 0 bridgehead atoms. The number of hydrogen-bond donors (Lipinski definition) is 1. The second-order valence-corrected chi connectivity index (χ2v) is 9.33. The Hall–Kier alpha value is -2.52. The molecule has 1 fully saturated rings. The van der Waals surface area contributed by atoms with Crippen molar-refractivity contribution in [2.45, 2.75) is 25.8 Å². The summed E-state index contributed by atoms with van der Waals surface area (Å²) in [4.78, 5) is 10.9.